The fourth-order valence-electron chi connectivity index (χ4n) is 2.15. The molecule has 0 amide bonds. The van der Waals surface area contributed by atoms with E-state index in [2.05, 4.69) is 6.08 Å². The highest BCUT2D eigenvalue weighted by Gasteiger charge is 2.27. The molecule has 1 heterocycles. The van der Waals surface area contributed by atoms with Gasteiger partial charge in [0, 0.05) is 13.1 Å². The van der Waals surface area contributed by atoms with Gasteiger partial charge in [-0.15, -0.1) is 0 Å². The highest BCUT2D eigenvalue weighted by molar-refractivity contribution is 5.74. The van der Waals surface area contributed by atoms with Crippen LogP contribution in [0.3, 0.4) is 0 Å². The number of hydrogen-bond donors (Lipinski definition) is 1. The molecule has 0 saturated carbocycles. The van der Waals surface area contributed by atoms with Crippen molar-refractivity contribution in [2.24, 2.45) is 0 Å². The van der Waals surface area contributed by atoms with Crippen LogP contribution in [0.2, 0.25) is 0 Å². The van der Waals surface area contributed by atoms with Crippen molar-refractivity contribution in [3.05, 3.63) is 47.5 Å². The van der Waals surface area contributed by atoms with Gasteiger partial charge < -0.3 is 5.11 Å². The second kappa shape index (κ2) is 5.15. The van der Waals surface area contributed by atoms with Crippen LogP contribution in [0.15, 0.2) is 42.0 Å². The number of nitrogens with zero attached hydrogens (tertiary/aromatic N) is 1. The van der Waals surface area contributed by atoms with Gasteiger partial charge in [0.05, 0.1) is 0 Å². The molecule has 0 bridgehead atoms. The molecule has 1 aromatic rings. The van der Waals surface area contributed by atoms with Gasteiger partial charge in [0.15, 0.2) is 0 Å². The Bertz CT molecular complexity index is 425. The molecule has 0 radical (unpaired) electrons. The van der Waals surface area contributed by atoms with Crippen molar-refractivity contribution >= 4 is 5.97 Å². The molecule has 1 aliphatic rings. The molecule has 0 fully saturated rings. The molecule has 1 aliphatic heterocycles. The van der Waals surface area contributed by atoms with Crippen LogP contribution in [0.4, 0.5) is 0 Å². The molecule has 2 rings (SSSR count). The lowest BCUT2D eigenvalue weighted by Gasteiger charge is -2.31. The van der Waals surface area contributed by atoms with E-state index in [0.717, 1.165) is 12.1 Å². The third-order valence-corrected chi connectivity index (χ3v) is 3.14. The minimum Gasteiger partial charge on any atom is -0.480 e. The number of hydrogen-bond acceptors (Lipinski definition) is 2. The Kier molecular flexibility index (Phi) is 3.59. The first kappa shape index (κ1) is 11.9. The first-order valence-electron chi connectivity index (χ1n) is 5.83. The highest BCUT2D eigenvalue weighted by atomic mass is 16.4. The number of carboxylic acids is 1. The Hall–Kier alpha value is -1.61. The molecular weight excluding hydrogens is 214 g/mol. The molecule has 90 valence electrons. The van der Waals surface area contributed by atoms with Crippen molar-refractivity contribution in [3.63, 3.8) is 0 Å². The molecule has 0 aromatic heterocycles. The van der Waals surface area contributed by atoms with Crippen LogP contribution in [0.25, 0.3) is 0 Å². The fraction of sp³-hybridized carbons (Fsp3) is 0.357. The summed E-state index contributed by atoms with van der Waals surface area (Å²) in [4.78, 5) is 13.2. The van der Waals surface area contributed by atoms with Crippen LogP contribution in [0, 0.1) is 0 Å². The summed E-state index contributed by atoms with van der Waals surface area (Å²) in [7, 11) is 0. The maximum absolute atomic E-state index is 11.2. The van der Waals surface area contributed by atoms with Crippen LogP contribution in [0.1, 0.15) is 18.9 Å². The summed E-state index contributed by atoms with van der Waals surface area (Å²) in [5.74, 6) is -0.728. The lowest BCUT2D eigenvalue weighted by atomic mass is 10.0. The van der Waals surface area contributed by atoms with Crippen molar-refractivity contribution in [2.75, 3.05) is 6.54 Å². The third kappa shape index (κ3) is 2.94. The molecule has 0 aliphatic carbocycles. The van der Waals surface area contributed by atoms with Crippen molar-refractivity contribution in [1.29, 1.82) is 0 Å². The number of carboxylic acid groups (broad SMARTS) is 1. The van der Waals surface area contributed by atoms with Gasteiger partial charge in [-0.05, 0) is 18.9 Å². The van der Waals surface area contributed by atoms with E-state index in [0.29, 0.717) is 13.0 Å². The molecule has 0 spiro atoms. The average molecular weight is 231 g/mol. The normalized spacial score (nSPS) is 21.0. The predicted octanol–water partition coefficient (Wildman–Crippen LogP) is 2.29. The molecule has 3 nitrogen and oxygen atoms in total. The van der Waals surface area contributed by atoms with Gasteiger partial charge in [0.25, 0.3) is 0 Å². The lowest BCUT2D eigenvalue weighted by Crippen LogP contribution is -2.43. The highest BCUT2D eigenvalue weighted by Crippen LogP contribution is 2.20. The molecule has 3 heteroatoms. The molecule has 0 saturated heterocycles. The van der Waals surface area contributed by atoms with Crippen molar-refractivity contribution in [2.45, 2.75) is 25.9 Å². The Morgan fingerprint density at radius 1 is 1.41 bits per heavy atom. The summed E-state index contributed by atoms with van der Waals surface area (Å²) < 4.78 is 0. The summed E-state index contributed by atoms with van der Waals surface area (Å²) in [5.41, 5.74) is 2.33. The molecule has 0 unspecified atom stereocenters. The molecule has 1 N–H and O–H groups in total. The van der Waals surface area contributed by atoms with Gasteiger partial charge >= 0.3 is 5.97 Å². The van der Waals surface area contributed by atoms with E-state index in [1.165, 1.54) is 5.57 Å². The minimum absolute atomic E-state index is 0.389. The zero-order valence-corrected chi connectivity index (χ0v) is 9.97. The SMILES string of the molecule is CC1=CCN(Cc2ccccc2)[C@@H](C(=O)O)C1. The summed E-state index contributed by atoms with van der Waals surface area (Å²) >= 11 is 0. The van der Waals surface area contributed by atoms with E-state index in [1.54, 1.807) is 0 Å². The Balaban J connectivity index is 2.11. The largest absolute Gasteiger partial charge is 0.480 e. The number of benzene rings is 1. The standard InChI is InChI=1S/C14H17NO2/c1-11-7-8-15(13(9-11)14(16)17)10-12-5-3-2-4-6-12/h2-7,13H,8-10H2,1H3,(H,16,17)/t13-/m1/s1. The van der Waals surface area contributed by atoms with E-state index in [4.69, 9.17) is 0 Å². The van der Waals surface area contributed by atoms with Gasteiger partial charge in [-0.1, -0.05) is 42.0 Å². The Morgan fingerprint density at radius 2 is 2.12 bits per heavy atom. The van der Waals surface area contributed by atoms with Crippen LogP contribution in [-0.2, 0) is 11.3 Å². The second-order valence-corrected chi connectivity index (χ2v) is 4.52. The van der Waals surface area contributed by atoms with E-state index < -0.39 is 5.97 Å². The first-order valence-corrected chi connectivity index (χ1v) is 5.83. The maximum Gasteiger partial charge on any atom is 0.321 e. The van der Waals surface area contributed by atoms with E-state index >= 15 is 0 Å². The summed E-state index contributed by atoms with van der Waals surface area (Å²) in [6.07, 6.45) is 2.74. The van der Waals surface area contributed by atoms with Gasteiger partial charge in [0.1, 0.15) is 6.04 Å². The number of carbonyl (C=O) groups is 1. The molecular formula is C14H17NO2. The van der Waals surface area contributed by atoms with Gasteiger partial charge in [-0.2, -0.15) is 0 Å². The molecule has 1 atom stereocenters. The topological polar surface area (TPSA) is 40.5 Å². The van der Waals surface area contributed by atoms with Gasteiger partial charge in [-0.3, -0.25) is 9.69 Å². The summed E-state index contributed by atoms with van der Waals surface area (Å²) in [6, 6.07) is 9.61. The van der Waals surface area contributed by atoms with Crippen LogP contribution >= 0.6 is 0 Å². The lowest BCUT2D eigenvalue weighted by molar-refractivity contribution is -0.143. The quantitative estimate of drug-likeness (QED) is 0.811. The Morgan fingerprint density at radius 3 is 2.76 bits per heavy atom. The van der Waals surface area contributed by atoms with Crippen molar-refractivity contribution in [3.8, 4) is 0 Å². The summed E-state index contributed by atoms with van der Waals surface area (Å²) in [6.45, 7) is 3.41. The predicted molar refractivity (Wildman–Crippen MR) is 66.6 cm³/mol. The minimum atomic E-state index is -0.728. The number of aliphatic carboxylic acids is 1. The van der Waals surface area contributed by atoms with Crippen molar-refractivity contribution in [1.82, 2.24) is 4.90 Å². The fourth-order valence-corrected chi connectivity index (χ4v) is 2.15. The average Bonchev–Trinajstić information content (AvgIpc) is 2.32. The molecule has 17 heavy (non-hydrogen) atoms. The zero-order valence-electron chi connectivity index (χ0n) is 9.97. The second-order valence-electron chi connectivity index (χ2n) is 4.52. The van der Waals surface area contributed by atoms with Crippen LogP contribution in [0.5, 0.6) is 0 Å². The number of rotatable bonds is 3. The van der Waals surface area contributed by atoms with Gasteiger partial charge in [0.2, 0.25) is 0 Å². The monoisotopic (exact) mass is 231 g/mol. The summed E-state index contributed by atoms with van der Waals surface area (Å²) in [5, 5.41) is 9.24. The molecule has 1 aromatic carbocycles. The van der Waals surface area contributed by atoms with E-state index in [9.17, 15) is 9.90 Å². The van der Waals surface area contributed by atoms with Crippen LogP contribution in [-0.4, -0.2) is 28.6 Å². The van der Waals surface area contributed by atoms with E-state index in [-0.39, 0.29) is 6.04 Å². The van der Waals surface area contributed by atoms with E-state index in [1.807, 2.05) is 42.2 Å². The maximum atomic E-state index is 11.2. The smallest absolute Gasteiger partial charge is 0.321 e. The van der Waals surface area contributed by atoms with Gasteiger partial charge in [-0.25, -0.2) is 0 Å². The van der Waals surface area contributed by atoms with Crippen molar-refractivity contribution < 1.29 is 9.90 Å². The first-order chi connectivity index (χ1) is 8.16. The van der Waals surface area contributed by atoms with Crippen LogP contribution < -0.4 is 0 Å². The third-order valence-electron chi connectivity index (χ3n) is 3.14. The zero-order chi connectivity index (χ0) is 12.3. The Labute approximate surface area is 101 Å².